The van der Waals surface area contributed by atoms with Crippen molar-refractivity contribution in [3.05, 3.63) is 23.8 Å². The van der Waals surface area contributed by atoms with Crippen LogP contribution in [0.5, 0.6) is 11.5 Å². The van der Waals surface area contributed by atoms with Gasteiger partial charge in [-0.2, -0.15) is 5.10 Å². The van der Waals surface area contributed by atoms with Crippen LogP contribution in [0.1, 0.15) is 18.4 Å². The summed E-state index contributed by atoms with van der Waals surface area (Å²) in [6.45, 7) is 2.54. The first kappa shape index (κ1) is 14.8. The highest BCUT2D eigenvalue weighted by molar-refractivity contribution is 6.44. The van der Waals surface area contributed by atoms with E-state index >= 15 is 0 Å². The highest BCUT2D eigenvalue weighted by Gasteiger charge is 2.40. The molecular weight excluding hydrogens is 286 g/mol. The molecule has 2 atom stereocenters. The van der Waals surface area contributed by atoms with E-state index in [1.807, 2.05) is 25.2 Å². The number of carbonyl (C=O) groups excluding carboxylic acids is 1. The lowest BCUT2D eigenvalue weighted by Gasteiger charge is -2.21. The molecule has 4 N–H and O–H groups in total. The van der Waals surface area contributed by atoms with Crippen LogP contribution < -0.4 is 20.2 Å². The maximum Gasteiger partial charge on any atom is 0.231 e. The topological polar surface area (TPSA) is 96.8 Å². The molecule has 7 nitrogen and oxygen atoms in total. The van der Waals surface area contributed by atoms with Gasteiger partial charge >= 0.3 is 0 Å². The third-order valence-corrected chi connectivity index (χ3v) is 3.95. The Labute approximate surface area is 128 Å². The molecular formula is C15H20N3O4+. The second-order valence-electron chi connectivity index (χ2n) is 5.74. The molecule has 0 saturated heterocycles. The molecule has 0 saturated carbocycles. The van der Waals surface area contributed by atoms with Crippen LogP contribution in [-0.4, -0.2) is 49.1 Å². The predicted octanol–water partition coefficient (Wildman–Crippen LogP) is -1.03. The van der Waals surface area contributed by atoms with Gasteiger partial charge in [0.25, 0.3) is 0 Å². The summed E-state index contributed by atoms with van der Waals surface area (Å²) in [6.07, 6.45) is 0. The predicted molar refractivity (Wildman–Crippen MR) is 79.1 cm³/mol. The van der Waals surface area contributed by atoms with Gasteiger partial charge in [-0.15, -0.1) is 0 Å². The number of nitrogens with one attached hydrogen (secondary N) is 1. The average Bonchev–Trinajstić information content (AvgIpc) is 3.14. The molecule has 2 aliphatic rings. The Bertz CT molecular complexity index is 627. The molecule has 0 spiro atoms. The minimum Gasteiger partial charge on any atom is -0.454 e. The van der Waals surface area contributed by atoms with Gasteiger partial charge in [-0.3, -0.25) is 4.79 Å². The molecule has 2 heterocycles. The molecule has 1 aromatic carbocycles. The van der Waals surface area contributed by atoms with Crippen LogP contribution in [0.25, 0.3) is 0 Å². The quantitative estimate of drug-likeness (QED) is 0.646. The summed E-state index contributed by atoms with van der Waals surface area (Å²) in [5, 5.41) is 16.2. The molecule has 0 aromatic heterocycles. The number of hydrogen-bond donors (Lipinski definition) is 3. The van der Waals surface area contributed by atoms with E-state index in [0.29, 0.717) is 30.3 Å². The molecule has 0 radical (unpaired) electrons. The zero-order chi connectivity index (χ0) is 15.7. The van der Waals surface area contributed by atoms with E-state index in [0.717, 1.165) is 5.56 Å². The van der Waals surface area contributed by atoms with Crippen molar-refractivity contribution in [1.82, 2.24) is 5.43 Å². The second-order valence-corrected chi connectivity index (χ2v) is 5.74. The number of nitrogens with two attached hydrogens (primary N) is 1. The minimum atomic E-state index is -1.44. The van der Waals surface area contributed by atoms with Crippen LogP contribution in [0, 0.1) is 0 Å². The number of likely N-dealkylation sites (N-methyl/N-ethyl adjacent to an activating group) is 1. The van der Waals surface area contributed by atoms with E-state index in [4.69, 9.17) is 9.47 Å². The zero-order valence-corrected chi connectivity index (χ0v) is 12.6. The Morgan fingerprint density at radius 3 is 3.05 bits per heavy atom. The Morgan fingerprint density at radius 1 is 1.50 bits per heavy atom. The Morgan fingerprint density at radius 2 is 2.27 bits per heavy atom. The summed E-state index contributed by atoms with van der Waals surface area (Å²) in [7, 11) is 1.81. The summed E-state index contributed by atoms with van der Waals surface area (Å²) in [6, 6.07) is 5.59. The lowest BCUT2D eigenvalue weighted by atomic mass is 9.86. The van der Waals surface area contributed by atoms with Crippen molar-refractivity contribution >= 4 is 11.5 Å². The van der Waals surface area contributed by atoms with Crippen molar-refractivity contribution in [3.63, 3.8) is 0 Å². The Balaban J connectivity index is 1.86. The highest BCUT2D eigenvalue weighted by atomic mass is 16.7. The minimum absolute atomic E-state index is 0.203. The molecule has 0 amide bonds. The molecule has 2 aliphatic heterocycles. The fourth-order valence-electron chi connectivity index (χ4n) is 2.78. The van der Waals surface area contributed by atoms with Crippen LogP contribution in [0.2, 0.25) is 0 Å². The van der Waals surface area contributed by atoms with Crippen molar-refractivity contribution in [3.8, 4) is 11.5 Å². The molecule has 7 heteroatoms. The van der Waals surface area contributed by atoms with Crippen molar-refractivity contribution in [2.45, 2.75) is 18.4 Å². The molecule has 1 aromatic rings. The van der Waals surface area contributed by atoms with Gasteiger partial charge in [-0.25, -0.2) is 0 Å². The van der Waals surface area contributed by atoms with Crippen molar-refractivity contribution in [2.24, 2.45) is 5.10 Å². The fraction of sp³-hybridized carbons (Fsp3) is 0.467. The van der Waals surface area contributed by atoms with Crippen LogP contribution in [0.15, 0.2) is 23.3 Å². The number of quaternary nitrogens is 1. The number of rotatable bonds is 5. The number of hydrogen-bond acceptors (Lipinski definition) is 6. The van der Waals surface area contributed by atoms with Crippen molar-refractivity contribution in [2.75, 3.05) is 26.9 Å². The number of hydrazone groups is 1. The van der Waals surface area contributed by atoms with Gasteiger partial charge in [0.1, 0.15) is 12.3 Å². The van der Waals surface area contributed by atoms with Gasteiger partial charge in [-0.05, 0) is 24.6 Å². The number of aliphatic hydroxyl groups is 1. The normalized spacial score (nSPS) is 22.0. The van der Waals surface area contributed by atoms with E-state index < -0.39 is 5.60 Å². The van der Waals surface area contributed by atoms with Crippen molar-refractivity contribution in [1.29, 1.82) is 0 Å². The first-order valence-corrected chi connectivity index (χ1v) is 7.28. The van der Waals surface area contributed by atoms with Crippen LogP contribution in [0.3, 0.4) is 0 Å². The van der Waals surface area contributed by atoms with Crippen molar-refractivity contribution < 1.29 is 24.7 Å². The fourth-order valence-corrected chi connectivity index (χ4v) is 2.78. The largest absolute Gasteiger partial charge is 0.454 e. The Hall–Kier alpha value is -2.12. The summed E-state index contributed by atoms with van der Waals surface area (Å²) in [4.78, 5) is 12.6. The number of Topliss-reactive ketones (excluding diaryl/α,β-unsaturated/α-hetero) is 1. The molecule has 3 rings (SSSR count). The summed E-state index contributed by atoms with van der Waals surface area (Å²) in [5.74, 6) is 0.820. The monoisotopic (exact) mass is 306 g/mol. The lowest BCUT2D eigenvalue weighted by Crippen LogP contribution is -2.85. The average molecular weight is 306 g/mol. The number of benzene rings is 1. The summed E-state index contributed by atoms with van der Waals surface area (Å²) in [5.41, 5.74) is 2.69. The lowest BCUT2D eigenvalue weighted by molar-refractivity contribution is -0.637. The smallest absolute Gasteiger partial charge is 0.231 e. The number of fused-ring (bicyclic) bond motifs is 1. The standard InChI is InChI=1S/C15H19N3O4/c1-15(20,7-16-2)14(19)13-10(6-17-18-13)9-3-4-11-12(5-9)22-8-21-11/h3-5,10,16-17,20H,6-8H2,1-2H3/p+1/t10-,15+/m0/s1. The van der Waals surface area contributed by atoms with Gasteiger partial charge in [0, 0.05) is 6.54 Å². The van der Waals surface area contributed by atoms with E-state index in [-0.39, 0.29) is 18.5 Å². The SMILES string of the molecule is C[NH2+]C[C@@](C)(O)C(=O)C1=NNC[C@H]1c1ccc2c(c1)OCO2. The van der Waals surface area contributed by atoms with Crippen LogP contribution in [0.4, 0.5) is 0 Å². The number of ether oxygens (including phenoxy) is 2. The maximum atomic E-state index is 12.6. The maximum absolute atomic E-state index is 12.6. The molecule has 118 valence electrons. The van der Waals surface area contributed by atoms with E-state index in [1.165, 1.54) is 6.92 Å². The summed E-state index contributed by atoms with van der Waals surface area (Å²) >= 11 is 0. The van der Waals surface area contributed by atoms with Gasteiger partial charge in [0.2, 0.25) is 12.6 Å². The highest BCUT2D eigenvalue weighted by Crippen LogP contribution is 2.35. The molecule has 0 unspecified atom stereocenters. The molecule has 0 bridgehead atoms. The molecule has 22 heavy (non-hydrogen) atoms. The van der Waals surface area contributed by atoms with Gasteiger partial charge in [-0.1, -0.05) is 6.07 Å². The van der Waals surface area contributed by atoms with Gasteiger partial charge in [0.05, 0.1) is 13.0 Å². The first-order chi connectivity index (χ1) is 10.5. The molecule has 0 aliphatic carbocycles. The second kappa shape index (κ2) is 5.58. The van der Waals surface area contributed by atoms with Crippen LogP contribution >= 0.6 is 0 Å². The number of ketones is 1. The van der Waals surface area contributed by atoms with Crippen LogP contribution in [-0.2, 0) is 4.79 Å². The van der Waals surface area contributed by atoms with E-state index in [1.54, 1.807) is 5.32 Å². The van der Waals surface area contributed by atoms with Gasteiger partial charge in [0.15, 0.2) is 17.1 Å². The van der Waals surface area contributed by atoms with Gasteiger partial charge < -0.3 is 25.3 Å². The first-order valence-electron chi connectivity index (χ1n) is 7.28. The third-order valence-electron chi connectivity index (χ3n) is 3.95. The summed E-state index contributed by atoms with van der Waals surface area (Å²) < 4.78 is 10.7. The Kier molecular flexibility index (Phi) is 3.76. The third kappa shape index (κ3) is 2.53. The zero-order valence-electron chi connectivity index (χ0n) is 12.6. The number of carbonyl (C=O) groups is 1. The van der Waals surface area contributed by atoms with E-state index in [2.05, 4.69) is 10.5 Å². The molecule has 0 fully saturated rings. The number of nitrogens with zero attached hydrogens (tertiary/aromatic N) is 1. The van der Waals surface area contributed by atoms with E-state index in [9.17, 15) is 9.90 Å².